The average molecular weight is 421 g/mol. The number of halogens is 1. The molecule has 0 atom stereocenters. The highest BCUT2D eigenvalue weighted by Crippen LogP contribution is 2.37. The zero-order chi connectivity index (χ0) is 22.1. The Morgan fingerprint density at radius 3 is 2.37 bits per heavy atom. The first-order valence-electron chi connectivity index (χ1n) is 9.32. The van der Waals surface area contributed by atoms with Gasteiger partial charge in [-0.2, -0.15) is 10.5 Å². The normalized spacial score (nSPS) is 11.2. The fourth-order valence-electron chi connectivity index (χ4n) is 3.67. The van der Waals surface area contributed by atoms with Crippen LogP contribution >= 0.6 is 11.6 Å². The van der Waals surface area contributed by atoms with Gasteiger partial charge in [0.05, 0.1) is 29.5 Å². The minimum Gasteiger partial charge on any atom is -0.392 e. The number of aliphatic hydroxyl groups is 2. The lowest BCUT2D eigenvalue weighted by atomic mass is 9.95. The molecule has 2 aromatic heterocycles. The predicted octanol–water partition coefficient (Wildman–Crippen LogP) is 4.02. The molecule has 30 heavy (non-hydrogen) atoms. The van der Waals surface area contributed by atoms with Crippen molar-refractivity contribution in [2.75, 3.05) is 0 Å². The molecule has 0 aliphatic carbocycles. The molecule has 3 rings (SSSR count). The van der Waals surface area contributed by atoms with E-state index in [1.54, 1.807) is 50.4 Å². The summed E-state index contributed by atoms with van der Waals surface area (Å²) in [6.07, 6.45) is 1.61. The van der Waals surface area contributed by atoms with Gasteiger partial charge in [0.2, 0.25) is 0 Å². The van der Waals surface area contributed by atoms with E-state index in [1.165, 1.54) is 0 Å². The molecule has 0 aliphatic rings. The molecular formula is C23H21ClN4O2. The van der Waals surface area contributed by atoms with Gasteiger partial charge in [0.1, 0.15) is 16.8 Å². The lowest BCUT2D eigenvalue weighted by Crippen LogP contribution is -2.23. The lowest BCUT2D eigenvalue weighted by Gasteiger charge is -2.22. The summed E-state index contributed by atoms with van der Waals surface area (Å²) in [6, 6.07) is 13.1. The van der Waals surface area contributed by atoms with Gasteiger partial charge in [-0.1, -0.05) is 23.7 Å². The second-order valence-electron chi connectivity index (χ2n) is 7.58. The van der Waals surface area contributed by atoms with Crippen molar-refractivity contribution >= 4 is 11.6 Å². The molecular weight excluding hydrogens is 400 g/mol. The molecule has 0 radical (unpaired) electrons. The Kier molecular flexibility index (Phi) is 5.96. The molecule has 6 nitrogen and oxygen atoms in total. The Bertz CT molecular complexity index is 1180. The lowest BCUT2D eigenvalue weighted by molar-refractivity contribution is 0.0697. The van der Waals surface area contributed by atoms with Crippen molar-refractivity contribution in [2.45, 2.75) is 39.5 Å². The largest absolute Gasteiger partial charge is 0.392 e. The number of aromatic nitrogens is 2. The summed E-state index contributed by atoms with van der Waals surface area (Å²) in [5, 5.41) is 39.6. The summed E-state index contributed by atoms with van der Waals surface area (Å²) in [6.45, 7) is 5.28. The summed E-state index contributed by atoms with van der Waals surface area (Å²) < 4.78 is 1.89. The van der Waals surface area contributed by atoms with E-state index in [2.05, 4.69) is 17.1 Å². The summed E-state index contributed by atoms with van der Waals surface area (Å²) >= 11 is 6.01. The zero-order valence-electron chi connectivity index (χ0n) is 16.9. The number of hydrogen-bond acceptors (Lipinski definition) is 5. The van der Waals surface area contributed by atoms with Crippen LogP contribution in [0.4, 0.5) is 0 Å². The molecule has 0 fully saturated rings. The van der Waals surface area contributed by atoms with Crippen LogP contribution in [0.15, 0.2) is 36.5 Å². The molecule has 7 heteroatoms. The summed E-state index contributed by atoms with van der Waals surface area (Å²) in [5.41, 5.74) is 3.71. The highest BCUT2D eigenvalue weighted by atomic mass is 35.5. The highest BCUT2D eigenvalue weighted by Gasteiger charge is 2.31. The van der Waals surface area contributed by atoms with Gasteiger partial charge in [0, 0.05) is 29.6 Å². The molecule has 0 unspecified atom stereocenters. The van der Waals surface area contributed by atoms with Crippen LogP contribution in [0.25, 0.3) is 11.1 Å². The van der Waals surface area contributed by atoms with Gasteiger partial charge in [-0.05, 0) is 50.1 Å². The van der Waals surface area contributed by atoms with Crippen molar-refractivity contribution in [1.82, 2.24) is 9.55 Å². The fourth-order valence-corrected chi connectivity index (χ4v) is 3.83. The van der Waals surface area contributed by atoms with Crippen LogP contribution in [0.2, 0.25) is 5.15 Å². The topological polar surface area (TPSA) is 106 Å². The third kappa shape index (κ3) is 3.94. The first kappa shape index (κ1) is 21.5. The molecule has 1 aromatic carbocycles. The molecule has 2 heterocycles. The second-order valence-corrected chi connectivity index (χ2v) is 7.94. The van der Waals surface area contributed by atoms with Gasteiger partial charge in [-0.3, -0.25) is 0 Å². The number of hydrogen-bond donors (Lipinski definition) is 2. The number of rotatable bonds is 5. The molecule has 3 aromatic rings. The third-order valence-corrected chi connectivity index (χ3v) is 5.34. The van der Waals surface area contributed by atoms with Crippen LogP contribution in [0.5, 0.6) is 0 Å². The molecule has 0 amide bonds. The predicted molar refractivity (Wildman–Crippen MR) is 114 cm³/mol. The van der Waals surface area contributed by atoms with Crippen LogP contribution in [0, 0.1) is 29.6 Å². The quantitative estimate of drug-likeness (QED) is 0.606. The Balaban J connectivity index is 2.23. The van der Waals surface area contributed by atoms with Crippen LogP contribution in [0.3, 0.4) is 0 Å². The van der Waals surface area contributed by atoms with Crippen LogP contribution in [-0.2, 0) is 18.8 Å². The molecule has 0 aliphatic heterocycles. The molecule has 0 spiro atoms. The van der Waals surface area contributed by atoms with Gasteiger partial charge >= 0.3 is 0 Å². The standard InChI is InChI=1S/C23H21ClN4O2/c1-14-20(17-6-4-15(9-25)5-7-17)19(10-26)21(23(2,3)30)28(14)12-16-8-18(13-29)22(24)27-11-16/h4-8,11,29-30H,12-13H2,1-3H3. The van der Waals surface area contributed by atoms with E-state index >= 15 is 0 Å². The van der Waals surface area contributed by atoms with E-state index in [-0.39, 0.29) is 11.8 Å². The van der Waals surface area contributed by atoms with Crippen molar-refractivity contribution < 1.29 is 10.2 Å². The smallest absolute Gasteiger partial charge is 0.134 e. The molecule has 152 valence electrons. The minimum atomic E-state index is -1.28. The van der Waals surface area contributed by atoms with E-state index in [0.29, 0.717) is 34.5 Å². The molecule has 0 saturated carbocycles. The maximum Gasteiger partial charge on any atom is 0.134 e. The average Bonchev–Trinajstić information content (AvgIpc) is 3.01. The van der Waals surface area contributed by atoms with Crippen molar-refractivity contribution in [1.29, 1.82) is 10.5 Å². The van der Waals surface area contributed by atoms with Crippen LogP contribution in [0.1, 0.15) is 47.5 Å². The maximum atomic E-state index is 10.9. The second kappa shape index (κ2) is 8.30. The fraction of sp³-hybridized carbons (Fsp3) is 0.261. The maximum absolute atomic E-state index is 10.9. The molecule has 0 bridgehead atoms. The molecule has 0 saturated heterocycles. The van der Waals surface area contributed by atoms with Gasteiger partial charge < -0.3 is 14.8 Å². The minimum absolute atomic E-state index is 0.234. The number of benzene rings is 1. The van der Waals surface area contributed by atoms with Crippen LogP contribution in [-0.4, -0.2) is 19.8 Å². The van der Waals surface area contributed by atoms with Crippen molar-refractivity contribution in [3.8, 4) is 23.3 Å². The van der Waals surface area contributed by atoms with Crippen molar-refractivity contribution in [3.63, 3.8) is 0 Å². The Morgan fingerprint density at radius 2 is 1.83 bits per heavy atom. The number of pyridine rings is 1. The van der Waals surface area contributed by atoms with E-state index in [4.69, 9.17) is 16.9 Å². The number of nitriles is 2. The summed E-state index contributed by atoms with van der Waals surface area (Å²) in [4.78, 5) is 4.13. The van der Waals surface area contributed by atoms with Crippen molar-refractivity contribution in [2.24, 2.45) is 0 Å². The van der Waals surface area contributed by atoms with E-state index in [1.807, 2.05) is 11.5 Å². The third-order valence-electron chi connectivity index (χ3n) is 5.00. The first-order valence-corrected chi connectivity index (χ1v) is 9.69. The number of nitrogens with zero attached hydrogens (tertiary/aromatic N) is 4. The Hall–Kier alpha value is -3.16. The first-order chi connectivity index (χ1) is 14.2. The SMILES string of the molecule is Cc1c(-c2ccc(C#N)cc2)c(C#N)c(C(C)(C)O)n1Cc1cnc(Cl)c(CO)c1. The summed E-state index contributed by atoms with van der Waals surface area (Å²) in [7, 11) is 0. The van der Waals surface area contributed by atoms with E-state index in [9.17, 15) is 15.5 Å². The van der Waals surface area contributed by atoms with Gasteiger partial charge in [0.15, 0.2) is 0 Å². The van der Waals surface area contributed by atoms with E-state index < -0.39 is 5.60 Å². The Morgan fingerprint density at radius 1 is 1.17 bits per heavy atom. The monoisotopic (exact) mass is 420 g/mol. The van der Waals surface area contributed by atoms with Gasteiger partial charge in [0.25, 0.3) is 0 Å². The zero-order valence-corrected chi connectivity index (χ0v) is 17.7. The summed E-state index contributed by atoms with van der Waals surface area (Å²) in [5.74, 6) is 0. The van der Waals surface area contributed by atoms with Crippen LogP contribution < -0.4 is 0 Å². The number of aliphatic hydroxyl groups excluding tert-OH is 1. The Labute approximate surface area is 180 Å². The van der Waals surface area contributed by atoms with Gasteiger partial charge in [-0.15, -0.1) is 0 Å². The molecule has 2 N–H and O–H groups in total. The van der Waals surface area contributed by atoms with E-state index in [0.717, 1.165) is 16.8 Å². The van der Waals surface area contributed by atoms with Gasteiger partial charge in [-0.25, -0.2) is 4.98 Å². The van der Waals surface area contributed by atoms with Crippen molar-refractivity contribution in [3.05, 3.63) is 75.3 Å². The highest BCUT2D eigenvalue weighted by molar-refractivity contribution is 6.30.